The minimum absolute atomic E-state index is 0.883. The molecular weight excluding hydrogens is 455 g/mol. The maximum Gasteiger partial charge on any atom is 0.173 e. The van der Waals surface area contributed by atoms with Gasteiger partial charge in [0.1, 0.15) is 0 Å². The third kappa shape index (κ3) is 2.43. The van der Waals surface area contributed by atoms with E-state index in [1.165, 1.54) is 33.0 Å². The van der Waals surface area contributed by atoms with Crippen molar-refractivity contribution in [2.75, 3.05) is 0 Å². The molecule has 5 aromatic rings. The molecule has 2 aliphatic carbocycles. The molecule has 2 heteroatoms. The van der Waals surface area contributed by atoms with Gasteiger partial charge in [-0.25, -0.2) is 0 Å². The second-order valence-corrected chi connectivity index (χ2v) is 12.2. The molecule has 5 aromatic carbocycles. The van der Waals surface area contributed by atoms with Crippen LogP contribution in [0, 0.1) is 0 Å². The molecule has 0 fully saturated rings. The van der Waals surface area contributed by atoms with E-state index < -0.39 is 7.14 Å². The maximum atomic E-state index is 15.8. The molecule has 1 heterocycles. The van der Waals surface area contributed by atoms with Gasteiger partial charge in [-0.15, -0.1) is 0 Å². The first-order valence-electron chi connectivity index (χ1n) is 12.3. The van der Waals surface area contributed by atoms with Gasteiger partial charge in [-0.05, 0) is 44.2 Å². The van der Waals surface area contributed by atoms with Crippen molar-refractivity contribution >= 4 is 57.1 Å². The van der Waals surface area contributed by atoms with Crippen molar-refractivity contribution in [1.29, 1.82) is 0 Å². The number of benzene rings is 5. The lowest BCUT2D eigenvalue weighted by atomic mass is 9.97. The SMILES string of the molecule is O=P1(c2ccccc2)C(c2ccccc2)=C2C(=C1c1ccccc1)c1ccc3c4c(ccc2c14)C=C3. The molecule has 0 bridgehead atoms. The molecular formula is C34H21OP. The zero-order valence-electron chi connectivity index (χ0n) is 19.5. The Labute approximate surface area is 210 Å². The largest absolute Gasteiger partial charge is 0.309 e. The van der Waals surface area contributed by atoms with Crippen LogP contribution in [0.15, 0.2) is 115 Å². The molecule has 3 aliphatic rings. The highest BCUT2D eigenvalue weighted by atomic mass is 31.2. The Morgan fingerprint density at radius 1 is 0.444 bits per heavy atom. The van der Waals surface area contributed by atoms with Gasteiger partial charge in [0, 0.05) is 27.1 Å². The summed E-state index contributed by atoms with van der Waals surface area (Å²) in [6.07, 6.45) is 4.42. The van der Waals surface area contributed by atoms with Gasteiger partial charge in [0.05, 0.1) is 0 Å². The van der Waals surface area contributed by atoms with Crippen LogP contribution in [0.4, 0.5) is 0 Å². The van der Waals surface area contributed by atoms with Crippen molar-refractivity contribution in [3.05, 3.63) is 149 Å². The molecule has 0 unspecified atom stereocenters. The van der Waals surface area contributed by atoms with Crippen LogP contribution in [-0.4, -0.2) is 0 Å². The van der Waals surface area contributed by atoms with Gasteiger partial charge in [-0.1, -0.05) is 127 Å². The molecule has 168 valence electrons. The van der Waals surface area contributed by atoms with Crippen LogP contribution < -0.4 is 5.30 Å². The van der Waals surface area contributed by atoms with Crippen molar-refractivity contribution in [2.45, 2.75) is 0 Å². The quantitative estimate of drug-likeness (QED) is 0.233. The topological polar surface area (TPSA) is 17.1 Å². The minimum Gasteiger partial charge on any atom is -0.309 e. The Kier molecular flexibility index (Phi) is 3.99. The Hall–Kier alpha value is -4.19. The summed E-state index contributed by atoms with van der Waals surface area (Å²) in [6, 6.07) is 39.7. The summed E-state index contributed by atoms with van der Waals surface area (Å²) in [4.78, 5) is 0. The van der Waals surface area contributed by atoms with Crippen LogP contribution >= 0.6 is 7.14 Å². The summed E-state index contributed by atoms with van der Waals surface area (Å²) in [5.41, 5.74) is 9.26. The lowest BCUT2D eigenvalue weighted by Crippen LogP contribution is -2.06. The average Bonchev–Trinajstić information content (AvgIpc) is 3.58. The highest BCUT2D eigenvalue weighted by Crippen LogP contribution is 2.78. The summed E-state index contributed by atoms with van der Waals surface area (Å²) in [7, 11) is -3.19. The molecule has 0 saturated carbocycles. The van der Waals surface area contributed by atoms with E-state index in [0.29, 0.717) is 0 Å². The lowest BCUT2D eigenvalue weighted by Gasteiger charge is -2.23. The van der Waals surface area contributed by atoms with Crippen LogP contribution in [0.1, 0.15) is 33.4 Å². The van der Waals surface area contributed by atoms with Crippen LogP contribution in [0.2, 0.25) is 0 Å². The van der Waals surface area contributed by atoms with E-state index in [-0.39, 0.29) is 0 Å². The number of rotatable bonds is 3. The molecule has 0 atom stereocenters. The fraction of sp³-hybridized carbons (Fsp3) is 0. The highest BCUT2D eigenvalue weighted by Gasteiger charge is 2.49. The summed E-state index contributed by atoms with van der Waals surface area (Å²) < 4.78 is 15.8. The van der Waals surface area contributed by atoms with Crippen molar-refractivity contribution in [2.24, 2.45) is 0 Å². The van der Waals surface area contributed by atoms with Gasteiger partial charge in [0.25, 0.3) is 0 Å². The van der Waals surface area contributed by atoms with E-state index in [9.17, 15) is 0 Å². The van der Waals surface area contributed by atoms with Gasteiger partial charge in [0.2, 0.25) is 0 Å². The smallest absolute Gasteiger partial charge is 0.173 e. The molecule has 1 aliphatic heterocycles. The Bertz CT molecular complexity index is 1760. The molecule has 1 nitrogen and oxygen atoms in total. The van der Waals surface area contributed by atoms with Crippen molar-refractivity contribution in [3.63, 3.8) is 0 Å². The zero-order chi connectivity index (χ0) is 23.9. The van der Waals surface area contributed by atoms with E-state index in [2.05, 4.69) is 84.9 Å². The van der Waals surface area contributed by atoms with Crippen molar-refractivity contribution in [1.82, 2.24) is 0 Å². The van der Waals surface area contributed by atoms with E-state index in [1.54, 1.807) is 0 Å². The second kappa shape index (κ2) is 7.17. The standard InChI is InChI=1S/C34H21OP/c35-36(26-14-8-3-9-15-26)33(24-10-4-1-5-11-24)31-27-20-18-22-16-17-23-19-21-28(30(27)29(22)23)32(31)34(36)25-12-6-2-7-13-25/h1-21H. The molecule has 8 rings (SSSR count). The van der Waals surface area contributed by atoms with Crippen LogP contribution in [0.5, 0.6) is 0 Å². The number of fused-ring (bicyclic) bond motifs is 3. The van der Waals surface area contributed by atoms with Gasteiger partial charge in [-0.2, -0.15) is 0 Å². The van der Waals surface area contributed by atoms with E-state index in [4.69, 9.17) is 0 Å². The van der Waals surface area contributed by atoms with E-state index >= 15 is 4.57 Å². The van der Waals surface area contributed by atoms with E-state index in [1.807, 2.05) is 42.5 Å². The summed E-state index contributed by atoms with van der Waals surface area (Å²) in [5, 5.41) is 5.41. The third-order valence-corrected chi connectivity index (χ3v) is 11.0. The van der Waals surface area contributed by atoms with Crippen LogP contribution in [0.25, 0.3) is 44.7 Å². The molecule has 0 saturated heterocycles. The van der Waals surface area contributed by atoms with Crippen molar-refractivity contribution in [3.8, 4) is 0 Å². The first-order valence-corrected chi connectivity index (χ1v) is 14.0. The molecule has 0 spiro atoms. The normalized spacial score (nSPS) is 16.3. The first kappa shape index (κ1) is 20.0. The molecule has 36 heavy (non-hydrogen) atoms. The van der Waals surface area contributed by atoms with Gasteiger partial charge in [-0.3, -0.25) is 0 Å². The van der Waals surface area contributed by atoms with Gasteiger partial charge < -0.3 is 4.57 Å². The fourth-order valence-electron chi connectivity index (χ4n) is 6.35. The van der Waals surface area contributed by atoms with Gasteiger partial charge >= 0.3 is 0 Å². The monoisotopic (exact) mass is 476 g/mol. The summed E-state index contributed by atoms with van der Waals surface area (Å²) in [6.45, 7) is 0. The Balaban J connectivity index is 1.60. The predicted molar refractivity (Wildman–Crippen MR) is 153 cm³/mol. The number of hydrogen-bond acceptors (Lipinski definition) is 1. The van der Waals surface area contributed by atoms with Crippen LogP contribution in [0.3, 0.4) is 0 Å². The van der Waals surface area contributed by atoms with Crippen molar-refractivity contribution < 1.29 is 4.57 Å². The first-order chi connectivity index (χ1) is 17.8. The lowest BCUT2D eigenvalue weighted by molar-refractivity contribution is 0.593. The average molecular weight is 477 g/mol. The van der Waals surface area contributed by atoms with E-state index in [0.717, 1.165) is 38.2 Å². The fourth-order valence-corrected chi connectivity index (χ4v) is 9.80. The highest BCUT2D eigenvalue weighted by molar-refractivity contribution is 7.91. The predicted octanol–water partition coefficient (Wildman–Crippen LogP) is 8.78. The molecule has 0 N–H and O–H groups in total. The number of allylic oxidation sites excluding steroid dienone is 2. The Morgan fingerprint density at radius 2 is 0.889 bits per heavy atom. The summed E-state index contributed by atoms with van der Waals surface area (Å²) >= 11 is 0. The maximum absolute atomic E-state index is 15.8. The number of hydrogen-bond donors (Lipinski definition) is 0. The molecule has 0 aromatic heterocycles. The zero-order valence-corrected chi connectivity index (χ0v) is 20.4. The second-order valence-electron chi connectivity index (χ2n) is 9.61. The third-order valence-electron chi connectivity index (χ3n) is 7.77. The summed E-state index contributed by atoms with van der Waals surface area (Å²) in [5.74, 6) is 0. The molecule has 0 radical (unpaired) electrons. The van der Waals surface area contributed by atoms with Crippen LogP contribution in [-0.2, 0) is 4.57 Å². The minimum atomic E-state index is -3.19. The van der Waals surface area contributed by atoms with Gasteiger partial charge in [0.15, 0.2) is 7.14 Å². The Morgan fingerprint density at radius 3 is 1.36 bits per heavy atom. The molecule has 0 amide bonds.